The highest BCUT2D eigenvalue weighted by Crippen LogP contribution is 2.40. The monoisotopic (exact) mass is 415 g/mol. The van der Waals surface area contributed by atoms with Crippen molar-refractivity contribution in [2.75, 3.05) is 13.7 Å². The molecule has 0 fully saturated rings. The highest BCUT2D eigenvalue weighted by molar-refractivity contribution is 6.30. The molecule has 0 aliphatic carbocycles. The number of benzene rings is 2. The van der Waals surface area contributed by atoms with Crippen molar-refractivity contribution in [3.8, 4) is 17.4 Å². The largest absolute Gasteiger partial charge is 0.497 e. The van der Waals surface area contributed by atoms with E-state index in [1.807, 2.05) is 12.1 Å². The summed E-state index contributed by atoms with van der Waals surface area (Å²) >= 11 is 5.82. The van der Waals surface area contributed by atoms with Crippen LogP contribution in [0.1, 0.15) is 19.8 Å². The smallest absolute Gasteiger partial charge is 0.302 e. The Kier molecular flexibility index (Phi) is 6.72. The number of nitrogens with zero attached hydrogens (tertiary/aromatic N) is 3. The minimum atomic E-state index is -0.572. The number of methoxy groups -OCH3 is 1. The highest BCUT2D eigenvalue weighted by Gasteiger charge is 2.17. The number of fused-ring (bicyclic) bond motifs is 1. The number of halogens is 1. The van der Waals surface area contributed by atoms with E-state index in [-0.39, 0.29) is 18.2 Å². The third-order valence-corrected chi connectivity index (χ3v) is 4.64. The Morgan fingerprint density at radius 1 is 1.17 bits per heavy atom. The van der Waals surface area contributed by atoms with E-state index in [2.05, 4.69) is 17.2 Å². The molecular weight excluding hydrogens is 394 g/mol. The molecule has 0 spiro atoms. The molecule has 3 aromatic rings. The van der Waals surface area contributed by atoms with Crippen LogP contribution < -0.4 is 9.47 Å². The number of amides is 1. The third kappa shape index (κ3) is 4.86. The van der Waals surface area contributed by atoms with Gasteiger partial charge in [0.05, 0.1) is 12.6 Å². The molecule has 7 nitrogen and oxygen atoms in total. The van der Waals surface area contributed by atoms with Gasteiger partial charge in [0.25, 0.3) is 0 Å². The van der Waals surface area contributed by atoms with Crippen molar-refractivity contribution < 1.29 is 19.4 Å². The third-order valence-electron chi connectivity index (χ3n) is 4.39. The van der Waals surface area contributed by atoms with Crippen LogP contribution in [-0.4, -0.2) is 29.3 Å². The molecule has 0 aliphatic rings. The Bertz CT molecular complexity index is 1030. The van der Waals surface area contributed by atoms with Gasteiger partial charge in [-0.05, 0) is 48.9 Å². The number of ether oxygens (including phenoxy) is 2. The number of unbranched alkanes of at least 4 members (excludes halogenated alkanes) is 1. The van der Waals surface area contributed by atoms with E-state index in [0.717, 1.165) is 18.4 Å². The molecule has 1 heterocycles. The predicted octanol–water partition coefficient (Wildman–Crippen LogP) is 5.50. The number of carbonyl (C=O) groups is 1. The lowest BCUT2D eigenvalue weighted by Gasteiger charge is -2.05. The first-order chi connectivity index (χ1) is 14.0. The standard InChI is InChI=1S/C21H22ClN3O4/c1-3-4-11-25-18-10-9-16(28-2)12-17(18)20(21(25)27)24-23-19(26)13-29-15-7-5-14(22)6-8-15/h5-10,12,27H,3-4,11,13H2,1-2H3. The van der Waals surface area contributed by atoms with Gasteiger partial charge in [-0.25, -0.2) is 0 Å². The molecule has 0 radical (unpaired) electrons. The summed E-state index contributed by atoms with van der Waals surface area (Å²) < 4.78 is 12.4. The molecule has 0 atom stereocenters. The van der Waals surface area contributed by atoms with Crippen LogP contribution in [0.4, 0.5) is 5.69 Å². The summed E-state index contributed by atoms with van der Waals surface area (Å²) in [6, 6.07) is 12.1. The molecule has 1 N–H and O–H groups in total. The number of aryl methyl sites for hydroxylation is 1. The van der Waals surface area contributed by atoms with Crippen molar-refractivity contribution >= 4 is 34.1 Å². The van der Waals surface area contributed by atoms with Crippen molar-refractivity contribution in [3.63, 3.8) is 0 Å². The van der Waals surface area contributed by atoms with E-state index >= 15 is 0 Å². The molecule has 0 saturated heterocycles. The first-order valence-corrected chi connectivity index (χ1v) is 9.63. The molecule has 1 amide bonds. The van der Waals surface area contributed by atoms with E-state index in [4.69, 9.17) is 21.1 Å². The Morgan fingerprint density at radius 3 is 2.59 bits per heavy atom. The van der Waals surface area contributed by atoms with Crippen molar-refractivity contribution in [3.05, 3.63) is 47.5 Å². The van der Waals surface area contributed by atoms with Gasteiger partial charge in [-0.2, -0.15) is 0 Å². The normalized spacial score (nSPS) is 11.3. The summed E-state index contributed by atoms with van der Waals surface area (Å²) in [5.74, 6) is 0.522. The van der Waals surface area contributed by atoms with E-state index in [1.54, 1.807) is 42.0 Å². The maximum absolute atomic E-state index is 12.1. The Hall–Kier alpha value is -3.06. The summed E-state index contributed by atoms with van der Waals surface area (Å²) in [7, 11) is 1.56. The van der Waals surface area contributed by atoms with E-state index in [9.17, 15) is 9.90 Å². The SMILES string of the molecule is CCCCn1c(O)c(N=NC(=O)COc2ccc(Cl)cc2)c2cc(OC)ccc21. The number of hydrogen-bond acceptors (Lipinski definition) is 5. The summed E-state index contributed by atoms with van der Waals surface area (Å²) in [6.45, 7) is 2.43. The average Bonchev–Trinajstić information content (AvgIpc) is 3.00. The number of hydrogen-bond donors (Lipinski definition) is 1. The molecule has 8 heteroatoms. The molecule has 1 aromatic heterocycles. The van der Waals surface area contributed by atoms with Crippen LogP contribution in [0, 0.1) is 0 Å². The molecule has 0 bridgehead atoms. The Morgan fingerprint density at radius 2 is 1.90 bits per heavy atom. The summed E-state index contributed by atoms with van der Waals surface area (Å²) in [5.41, 5.74) is 1.03. The fraction of sp³-hybridized carbons (Fsp3) is 0.286. The minimum absolute atomic E-state index is 0.0307. The number of aromatic hydroxyl groups is 1. The van der Waals surface area contributed by atoms with Crippen molar-refractivity contribution in [2.24, 2.45) is 10.2 Å². The van der Waals surface area contributed by atoms with Gasteiger partial charge in [-0.15, -0.1) is 10.2 Å². The summed E-state index contributed by atoms with van der Waals surface area (Å²) in [5, 5.41) is 19.6. The lowest BCUT2D eigenvalue weighted by atomic mass is 10.2. The second-order valence-electron chi connectivity index (χ2n) is 6.40. The van der Waals surface area contributed by atoms with Crippen LogP contribution in [0.5, 0.6) is 17.4 Å². The summed E-state index contributed by atoms with van der Waals surface area (Å²) in [4.78, 5) is 12.1. The maximum Gasteiger partial charge on any atom is 0.302 e. The van der Waals surface area contributed by atoms with Crippen LogP contribution in [-0.2, 0) is 11.3 Å². The lowest BCUT2D eigenvalue weighted by Crippen LogP contribution is -2.07. The second kappa shape index (κ2) is 9.43. The van der Waals surface area contributed by atoms with Crippen molar-refractivity contribution in [1.82, 2.24) is 4.57 Å². The van der Waals surface area contributed by atoms with Gasteiger partial charge in [0.1, 0.15) is 11.5 Å². The first kappa shape index (κ1) is 20.7. The van der Waals surface area contributed by atoms with Gasteiger partial charge >= 0.3 is 5.91 Å². The van der Waals surface area contributed by atoms with Gasteiger partial charge in [0.2, 0.25) is 5.88 Å². The van der Waals surface area contributed by atoms with Crippen LogP contribution in [0.15, 0.2) is 52.7 Å². The maximum atomic E-state index is 12.1. The zero-order valence-electron chi connectivity index (χ0n) is 16.3. The molecule has 3 rings (SSSR count). The molecule has 29 heavy (non-hydrogen) atoms. The van der Waals surface area contributed by atoms with Crippen LogP contribution in [0.25, 0.3) is 10.9 Å². The number of aromatic nitrogens is 1. The fourth-order valence-electron chi connectivity index (χ4n) is 2.88. The number of azo groups is 1. The summed E-state index contributed by atoms with van der Waals surface area (Å²) in [6.07, 6.45) is 1.88. The predicted molar refractivity (Wildman–Crippen MR) is 112 cm³/mol. The highest BCUT2D eigenvalue weighted by atomic mass is 35.5. The van der Waals surface area contributed by atoms with Gasteiger partial charge in [0, 0.05) is 17.0 Å². The fourth-order valence-corrected chi connectivity index (χ4v) is 3.01. The molecule has 0 unspecified atom stereocenters. The van der Waals surface area contributed by atoms with Crippen LogP contribution >= 0.6 is 11.6 Å². The molecule has 0 saturated carbocycles. The number of carbonyl (C=O) groups excluding carboxylic acids is 1. The van der Waals surface area contributed by atoms with E-state index < -0.39 is 5.91 Å². The van der Waals surface area contributed by atoms with Crippen molar-refractivity contribution in [2.45, 2.75) is 26.3 Å². The molecular formula is C21H22ClN3O4. The Labute approximate surface area is 173 Å². The van der Waals surface area contributed by atoms with Gasteiger partial charge in [0.15, 0.2) is 12.3 Å². The molecule has 152 valence electrons. The topological polar surface area (TPSA) is 85.4 Å². The first-order valence-electron chi connectivity index (χ1n) is 9.25. The van der Waals surface area contributed by atoms with E-state index in [0.29, 0.717) is 28.5 Å². The number of rotatable bonds is 8. The van der Waals surface area contributed by atoms with Crippen molar-refractivity contribution in [1.29, 1.82) is 0 Å². The van der Waals surface area contributed by atoms with Crippen LogP contribution in [0.3, 0.4) is 0 Å². The van der Waals surface area contributed by atoms with Gasteiger partial charge < -0.3 is 19.1 Å². The zero-order valence-corrected chi connectivity index (χ0v) is 17.0. The lowest BCUT2D eigenvalue weighted by molar-refractivity contribution is -0.120. The van der Waals surface area contributed by atoms with Gasteiger partial charge in [-0.3, -0.25) is 4.79 Å². The average molecular weight is 416 g/mol. The van der Waals surface area contributed by atoms with E-state index in [1.165, 1.54) is 0 Å². The molecule has 0 aliphatic heterocycles. The zero-order chi connectivity index (χ0) is 20.8. The van der Waals surface area contributed by atoms with Gasteiger partial charge in [-0.1, -0.05) is 24.9 Å². The Balaban J connectivity index is 1.82. The second-order valence-corrected chi connectivity index (χ2v) is 6.83. The minimum Gasteiger partial charge on any atom is -0.497 e. The van der Waals surface area contributed by atoms with Crippen LogP contribution in [0.2, 0.25) is 5.02 Å². The quantitative estimate of drug-likeness (QED) is 0.492. The molecule has 2 aromatic carbocycles.